The van der Waals surface area contributed by atoms with Gasteiger partial charge in [0.25, 0.3) is 0 Å². The molecule has 0 saturated heterocycles. The molecule has 12 aromatic rings. The van der Waals surface area contributed by atoms with Crippen LogP contribution in [-0.2, 0) is 0 Å². The van der Waals surface area contributed by atoms with Crippen LogP contribution in [0.2, 0.25) is 0 Å². The van der Waals surface area contributed by atoms with Crippen molar-refractivity contribution in [3.8, 4) is 50.2 Å². The molecule has 0 amide bonds. The summed E-state index contributed by atoms with van der Waals surface area (Å²) in [7, 11) is 0. The predicted octanol–water partition coefficient (Wildman–Crippen LogP) is 19.3. The number of aromatic nitrogens is 1. The number of hydrogen-bond donors (Lipinski definition) is 0. The van der Waals surface area contributed by atoms with Crippen LogP contribution in [0.25, 0.3) is 93.5 Å². The standard InChI is InChI=1S/C68H52N2/c1-3-18-50(19-4-1)59-32-15-22-52-23-16-34-63(67(52)59)61-29-9-11-36-65(61)69(55-44-42-48(43-45-55)47-38-40-51(41-39-47)58-31-14-21-49-20-7-8-28-57(49)58)56-27-13-24-53(46-56)60-33-17-35-64-62-30-10-12-37-66(62)70(68(60)64)54-25-5-2-6-26-54/h2,5-17,20-46,50H,1,3-4,18-19H2. The summed E-state index contributed by atoms with van der Waals surface area (Å²) in [5.41, 5.74) is 18.1. The third kappa shape index (κ3) is 7.36. The Bertz CT molecular complexity index is 3840. The number of fused-ring (bicyclic) bond motifs is 5. The SMILES string of the molecule is c1ccc(-n2c3ccccc3c3cccc(-c4cccc(N(c5ccc(-c6ccc(-c7cccc8ccccc78)cc6)cc5)c5ccccc5-c5cccc6cccc(C7CCCCC7)c56)c4)c32)cc1. The Hall–Kier alpha value is -8.46. The van der Waals surface area contributed by atoms with Crippen molar-refractivity contribution in [2.45, 2.75) is 38.0 Å². The number of benzene rings is 11. The van der Waals surface area contributed by atoms with Crippen molar-refractivity contribution in [1.29, 1.82) is 0 Å². The van der Waals surface area contributed by atoms with Crippen LogP contribution >= 0.6 is 0 Å². The van der Waals surface area contributed by atoms with Crippen molar-refractivity contribution in [3.05, 3.63) is 254 Å². The molecule has 0 spiro atoms. The van der Waals surface area contributed by atoms with E-state index in [2.05, 4.69) is 258 Å². The quantitative estimate of drug-likeness (QED) is 0.140. The summed E-state index contributed by atoms with van der Waals surface area (Å²) in [6.07, 6.45) is 6.44. The van der Waals surface area contributed by atoms with Gasteiger partial charge >= 0.3 is 0 Å². The third-order valence-corrected chi connectivity index (χ3v) is 15.0. The minimum absolute atomic E-state index is 0.571. The lowest BCUT2D eigenvalue weighted by molar-refractivity contribution is 0.445. The molecule has 1 fully saturated rings. The fourth-order valence-electron chi connectivity index (χ4n) is 11.7. The molecule has 1 heterocycles. The molecular weight excluding hydrogens is 845 g/mol. The van der Waals surface area contributed by atoms with Gasteiger partial charge in [-0.3, -0.25) is 0 Å². The second kappa shape index (κ2) is 17.9. The first-order valence-electron chi connectivity index (χ1n) is 25.0. The van der Waals surface area contributed by atoms with E-state index in [0.29, 0.717) is 5.92 Å². The number of anilines is 3. The zero-order valence-corrected chi connectivity index (χ0v) is 39.2. The molecule has 1 aliphatic rings. The van der Waals surface area contributed by atoms with E-state index in [0.717, 1.165) is 22.7 Å². The molecular formula is C68H52N2. The van der Waals surface area contributed by atoms with E-state index < -0.39 is 0 Å². The predicted molar refractivity (Wildman–Crippen MR) is 298 cm³/mol. The summed E-state index contributed by atoms with van der Waals surface area (Å²) in [6.45, 7) is 0. The van der Waals surface area contributed by atoms with Crippen LogP contribution in [0.15, 0.2) is 249 Å². The summed E-state index contributed by atoms with van der Waals surface area (Å²) < 4.78 is 2.44. The van der Waals surface area contributed by atoms with Crippen molar-refractivity contribution in [2.24, 2.45) is 0 Å². The second-order valence-electron chi connectivity index (χ2n) is 19.0. The Balaban J connectivity index is 0.971. The van der Waals surface area contributed by atoms with E-state index in [1.54, 1.807) is 0 Å². The van der Waals surface area contributed by atoms with E-state index in [-0.39, 0.29) is 0 Å². The molecule has 70 heavy (non-hydrogen) atoms. The molecule has 0 atom stereocenters. The molecule has 1 aromatic heterocycles. The zero-order valence-electron chi connectivity index (χ0n) is 39.2. The van der Waals surface area contributed by atoms with Gasteiger partial charge in [-0.15, -0.1) is 0 Å². The third-order valence-electron chi connectivity index (χ3n) is 15.0. The highest BCUT2D eigenvalue weighted by atomic mass is 15.1. The molecule has 0 aliphatic heterocycles. The minimum atomic E-state index is 0.571. The van der Waals surface area contributed by atoms with Crippen LogP contribution in [0.4, 0.5) is 17.1 Å². The Morgan fingerprint density at radius 3 is 1.77 bits per heavy atom. The molecule has 2 heteroatoms. The monoisotopic (exact) mass is 896 g/mol. The Kier molecular flexibility index (Phi) is 10.7. The summed E-state index contributed by atoms with van der Waals surface area (Å²) in [4.78, 5) is 2.49. The Morgan fingerprint density at radius 1 is 0.357 bits per heavy atom. The van der Waals surface area contributed by atoms with E-state index in [4.69, 9.17) is 0 Å². The van der Waals surface area contributed by atoms with E-state index in [9.17, 15) is 0 Å². The molecule has 1 aliphatic carbocycles. The first-order chi connectivity index (χ1) is 34.7. The molecule has 334 valence electrons. The lowest BCUT2D eigenvalue weighted by atomic mass is 9.80. The zero-order chi connectivity index (χ0) is 46.4. The first kappa shape index (κ1) is 41.7. The number of hydrogen-bond acceptors (Lipinski definition) is 1. The number of para-hydroxylation sites is 4. The highest BCUT2D eigenvalue weighted by Gasteiger charge is 2.24. The summed E-state index contributed by atoms with van der Waals surface area (Å²) in [6, 6.07) is 92.0. The van der Waals surface area contributed by atoms with Gasteiger partial charge in [-0.1, -0.05) is 219 Å². The molecule has 0 radical (unpaired) electrons. The summed E-state index contributed by atoms with van der Waals surface area (Å²) in [5.74, 6) is 0.571. The topological polar surface area (TPSA) is 8.17 Å². The fraction of sp³-hybridized carbons (Fsp3) is 0.0882. The van der Waals surface area contributed by atoms with Gasteiger partial charge in [0.1, 0.15) is 0 Å². The van der Waals surface area contributed by atoms with Gasteiger partial charge < -0.3 is 9.47 Å². The lowest BCUT2D eigenvalue weighted by Gasteiger charge is -2.29. The van der Waals surface area contributed by atoms with Gasteiger partial charge in [0.05, 0.1) is 16.7 Å². The Morgan fingerprint density at radius 2 is 0.943 bits per heavy atom. The number of rotatable bonds is 9. The molecule has 1 saturated carbocycles. The molecule has 11 aromatic carbocycles. The summed E-state index contributed by atoms with van der Waals surface area (Å²) in [5, 5.41) is 7.72. The maximum absolute atomic E-state index is 2.49. The maximum atomic E-state index is 2.49. The largest absolute Gasteiger partial charge is 0.310 e. The van der Waals surface area contributed by atoms with Crippen molar-refractivity contribution in [1.82, 2.24) is 4.57 Å². The van der Waals surface area contributed by atoms with Crippen LogP contribution in [0, 0.1) is 0 Å². The van der Waals surface area contributed by atoms with Gasteiger partial charge in [0, 0.05) is 39.0 Å². The fourth-order valence-corrected chi connectivity index (χ4v) is 11.7. The highest BCUT2D eigenvalue weighted by molar-refractivity contribution is 6.14. The van der Waals surface area contributed by atoms with Crippen LogP contribution in [0.5, 0.6) is 0 Å². The van der Waals surface area contributed by atoms with Crippen molar-refractivity contribution >= 4 is 60.4 Å². The molecule has 2 nitrogen and oxygen atoms in total. The average molecular weight is 897 g/mol. The van der Waals surface area contributed by atoms with Crippen molar-refractivity contribution in [2.75, 3.05) is 4.90 Å². The first-order valence-corrected chi connectivity index (χ1v) is 25.0. The van der Waals surface area contributed by atoms with Crippen LogP contribution in [0.3, 0.4) is 0 Å². The average Bonchev–Trinajstić information content (AvgIpc) is 3.78. The second-order valence-corrected chi connectivity index (χ2v) is 19.0. The normalized spacial score (nSPS) is 13.1. The molecule has 13 rings (SSSR count). The highest BCUT2D eigenvalue weighted by Crippen LogP contribution is 2.47. The van der Waals surface area contributed by atoms with Gasteiger partial charge in [-0.25, -0.2) is 0 Å². The van der Waals surface area contributed by atoms with Crippen LogP contribution < -0.4 is 4.90 Å². The van der Waals surface area contributed by atoms with E-state index >= 15 is 0 Å². The summed E-state index contributed by atoms with van der Waals surface area (Å²) >= 11 is 0. The van der Waals surface area contributed by atoms with E-state index in [1.165, 1.54) is 126 Å². The molecule has 0 unspecified atom stereocenters. The van der Waals surface area contributed by atoms with Gasteiger partial charge in [-0.05, 0) is 128 Å². The van der Waals surface area contributed by atoms with Gasteiger partial charge in [-0.2, -0.15) is 0 Å². The smallest absolute Gasteiger partial charge is 0.0619 e. The molecule has 0 bridgehead atoms. The van der Waals surface area contributed by atoms with Crippen LogP contribution in [0.1, 0.15) is 43.6 Å². The van der Waals surface area contributed by atoms with Crippen LogP contribution in [-0.4, -0.2) is 4.57 Å². The van der Waals surface area contributed by atoms with Crippen molar-refractivity contribution < 1.29 is 0 Å². The maximum Gasteiger partial charge on any atom is 0.0619 e. The van der Waals surface area contributed by atoms with Gasteiger partial charge in [0.15, 0.2) is 0 Å². The number of nitrogens with zero attached hydrogens (tertiary/aromatic N) is 2. The van der Waals surface area contributed by atoms with Gasteiger partial charge in [0.2, 0.25) is 0 Å². The minimum Gasteiger partial charge on any atom is -0.310 e. The van der Waals surface area contributed by atoms with Crippen molar-refractivity contribution in [3.63, 3.8) is 0 Å². The molecule has 0 N–H and O–H groups in total. The Labute approximate surface area is 410 Å². The lowest BCUT2D eigenvalue weighted by Crippen LogP contribution is -2.11. The van der Waals surface area contributed by atoms with E-state index in [1.807, 2.05) is 0 Å².